The summed E-state index contributed by atoms with van der Waals surface area (Å²) in [4.78, 5) is 13.0. The molecule has 1 fully saturated rings. The van der Waals surface area contributed by atoms with Gasteiger partial charge in [-0.3, -0.25) is 15.0 Å². The molecule has 4 nitrogen and oxygen atoms in total. The van der Waals surface area contributed by atoms with Crippen LogP contribution in [0.4, 0.5) is 0 Å². The molecule has 1 aliphatic rings. The highest BCUT2D eigenvalue weighted by Crippen LogP contribution is 2.23. The SMILES string of the molecule is CC[C@H]1CN(Cc2ccccc2)CC1[N+](=O)[O-]. The zero-order chi connectivity index (χ0) is 12.3. The first-order chi connectivity index (χ1) is 8.20. The van der Waals surface area contributed by atoms with Gasteiger partial charge in [-0.1, -0.05) is 37.3 Å². The summed E-state index contributed by atoms with van der Waals surface area (Å²) in [5, 5.41) is 10.9. The first kappa shape index (κ1) is 12.0. The van der Waals surface area contributed by atoms with Crippen LogP contribution >= 0.6 is 0 Å². The molecule has 2 rings (SSSR count). The van der Waals surface area contributed by atoms with E-state index in [1.54, 1.807) is 0 Å². The van der Waals surface area contributed by atoms with E-state index < -0.39 is 0 Å². The Balaban J connectivity index is 1.99. The van der Waals surface area contributed by atoms with Gasteiger partial charge in [-0.2, -0.15) is 0 Å². The van der Waals surface area contributed by atoms with Gasteiger partial charge < -0.3 is 0 Å². The zero-order valence-corrected chi connectivity index (χ0v) is 10.1. The number of hydrogen-bond donors (Lipinski definition) is 0. The van der Waals surface area contributed by atoms with E-state index in [0.29, 0.717) is 6.54 Å². The van der Waals surface area contributed by atoms with Gasteiger partial charge in [0, 0.05) is 23.9 Å². The molecule has 4 heteroatoms. The molecule has 0 N–H and O–H groups in total. The summed E-state index contributed by atoms with van der Waals surface area (Å²) in [7, 11) is 0. The lowest BCUT2D eigenvalue weighted by Gasteiger charge is -2.14. The number of likely N-dealkylation sites (tertiary alicyclic amines) is 1. The third-order valence-electron chi connectivity index (χ3n) is 3.53. The maximum Gasteiger partial charge on any atom is 0.229 e. The normalized spacial score (nSPS) is 25.0. The van der Waals surface area contributed by atoms with Gasteiger partial charge in [0.1, 0.15) is 0 Å². The molecule has 0 radical (unpaired) electrons. The maximum absolute atomic E-state index is 10.9. The van der Waals surface area contributed by atoms with Crippen molar-refractivity contribution in [3.8, 4) is 0 Å². The summed E-state index contributed by atoms with van der Waals surface area (Å²) < 4.78 is 0. The van der Waals surface area contributed by atoms with Crippen molar-refractivity contribution in [3.63, 3.8) is 0 Å². The average Bonchev–Trinajstić information content (AvgIpc) is 2.73. The molecule has 17 heavy (non-hydrogen) atoms. The Hall–Kier alpha value is -1.42. The summed E-state index contributed by atoms with van der Waals surface area (Å²) in [6.07, 6.45) is 0.886. The molecule has 1 saturated heterocycles. The number of nitro groups is 1. The predicted octanol–water partition coefficient (Wildman–Crippen LogP) is 2.17. The van der Waals surface area contributed by atoms with Crippen molar-refractivity contribution in [1.29, 1.82) is 0 Å². The third kappa shape index (κ3) is 2.82. The van der Waals surface area contributed by atoms with Gasteiger partial charge in [-0.15, -0.1) is 0 Å². The monoisotopic (exact) mass is 234 g/mol. The molecule has 2 atom stereocenters. The van der Waals surface area contributed by atoms with Crippen LogP contribution < -0.4 is 0 Å². The number of nitrogens with zero attached hydrogens (tertiary/aromatic N) is 2. The summed E-state index contributed by atoms with van der Waals surface area (Å²) in [6.45, 7) is 4.28. The fraction of sp³-hybridized carbons (Fsp3) is 0.538. The summed E-state index contributed by atoms with van der Waals surface area (Å²) >= 11 is 0. The largest absolute Gasteiger partial charge is 0.292 e. The van der Waals surface area contributed by atoms with Gasteiger partial charge in [0.05, 0.1) is 6.54 Å². The quantitative estimate of drug-likeness (QED) is 0.592. The van der Waals surface area contributed by atoms with Crippen molar-refractivity contribution < 1.29 is 4.92 Å². The summed E-state index contributed by atoms with van der Waals surface area (Å²) in [6, 6.07) is 9.76. The lowest BCUT2D eigenvalue weighted by Crippen LogP contribution is -2.28. The second kappa shape index (κ2) is 5.27. The lowest BCUT2D eigenvalue weighted by molar-refractivity contribution is -0.526. The highest BCUT2D eigenvalue weighted by molar-refractivity contribution is 5.14. The van der Waals surface area contributed by atoms with Crippen molar-refractivity contribution in [1.82, 2.24) is 4.90 Å². The topological polar surface area (TPSA) is 46.4 Å². The highest BCUT2D eigenvalue weighted by atomic mass is 16.6. The molecule has 0 aliphatic carbocycles. The van der Waals surface area contributed by atoms with Crippen LogP contribution in [0.25, 0.3) is 0 Å². The smallest absolute Gasteiger partial charge is 0.229 e. The molecule has 1 aromatic rings. The van der Waals surface area contributed by atoms with Crippen molar-refractivity contribution in [2.24, 2.45) is 5.92 Å². The minimum Gasteiger partial charge on any atom is -0.292 e. The first-order valence-corrected chi connectivity index (χ1v) is 6.10. The molecule has 1 unspecified atom stereocenters. The van der Waals surface area contributed by atoms with Crippen molar-refractivity contribution >= 4 is 0 Å². The lowest BCUT2D eigenvalue weighted by atomic mass is 10.0. The van der Waals surface area contributed by atoms with E-state index >= 15 is 0 Å². The molecular formula is C13H18N2O2. The predicted molar refractivity (Wildman–Crippen MR) is 66.3 cm³/mol. The average molecular weight is 234 g/mol. The molecule has 0 amide bonds. The Kier molecular flexibility index (Phi) is 3.74. The molecule has 0 bridgehead atoms. The van der Waals surface area contributed by atoms with E-state index in [1.165, 1.54) is 5.56 Å². The first-order valence-electron chi connectivity index (χ1n) is 6.10. The van der Waals surface area contributed by atoms with Gasteiger partial charge >= 0.3 is 0 Å². The molecule has 0 saturated carbocycles. The number of benzene rings is 1. The summed E-state index contributed by atoms with van der Waals surface area (Å²) in [5.41, 5.74) is 1.23. The fourth-order valence-electron chi connectivity index (χ4n) is 2.55. The van der Waals surface area contributed by atoms with E-state index in [1.807, 2.05) is 25.1 Å². The van der Waals surface area contributed by atoms with Gasteiger partial charge in [0.2, 0.25) is 6.04 Å². The van der Waals surface area contributed by atoms with Gasteiger partial charge in [0.25, 0.3) is 0 Å². The minimum absolute atomic E-state index is 0.112. The van der Waals surface area contributed by atoms with Crippen LogP contribution in [0, 0.1) is 16.0 Å². The van der Waals surface area contributed by atoms with Gasteiger partial charge in [-0.05, 0) is 12.0 Å². The molecule has 0 aromatic heterocycles. The molecular weight excluding hydrogens is 216 g/mol. The second-order valence-corrected chi connectivity index (χ2v) is 4.70. The Morgan fingerprint density at radius 2 is 2.06 bits per heavy atom. The van der Waals surface area contributed by atoms with E-state index in [0.717, 1.165) is 19.5 Å². The molecule has 0 spiro atoms. The molecule has 1 aromatic carbocycles. The van der Waals surface area contributed by atoms with Gasteiger partial charge in [0.15, 0.2) is 0 Å². The molecule has 1 heterocycles. The molecule has 1 aliphatic heterocycles. The minimum atomic E-state index is -0.385. The third-order valence-corrected chi connectivity index (χ3v) is 3.53. The van der Waals surface area contributed by atoms with Crippen LogP contribution in [0.3, 0.4) is 0 Å². The summed E-state index contributed by atoms with van der Waals surface area (Å²) in [5.74, 6) is 0.203. The molecule has 92 valence electrons. The Bertz CT molecular complexity index is 380. The van der Waals surface area contributed by atoms with Crippen molar-refractivity contribution in [2.75, 3.05) is 13.1 Å². The van der Waals surface area contributed by atoms with Crippen LogP contribution in [-0.4, -0.2) is 29.0 Å². The second-order valence-electron chi connectivity index (χ2n) is 4.70. The number of rotatable bonds is 4. The van der Waals surface area contributed by atoms with Crippen LogP contribution in [0.1, 0.15) is 18.9 Å². The Morgan fingerprint density at radius 3 is 2.59 bits per heavy atom. The van der Waals surface area contributed by atoms with Crippen LogP contribution in [0.15, 0.2) is 30.3 Å². The Labute approximate surface area is 101 Å². The van der Waals surface area contributed by atoms with Crippen molar-refractivity contribution in [3.05, 3.63) is 46.0 Å². The van der Waals surface area contributed by atoms with E-state index in [4.69, 9.17) is 0 Å². The fourth-order valence-corrected chi connectivity index (χ4v) is 2.55. The van der Waals surface area contributed by atoms with Crippen molar-refractivity contribution in [2.45, 2.75) is 25.9 Å². The van der Waals surface area contributed by atoms with Crippen LogP contribution in [0.2, 0.25) is 0 Å². The van der Waals surface area contributed by atoms with E-state index in [9.17, 15) is 10.1 Å². The van der Waals surface area contributed by atoms with E-state index in [2.05, 4.69) is 17.0 Å². The highest BCUT2D eigenvalue weighted by Gasteiger charge is 2.39. The van der Waals surface area contributed by atoms with Gasteiger partial charge in [-0.25, -0.2) is 0 Å². The zero-order valence-electron chi connectivity index (χ0n) is 10.1. The maximum atomic E-state index is 10.9. The van der Waals surface area contributed by atoms with E-state index in [-0.39, 0.29) is 16.9 Å². The Morgan fingerprint density at radius 1 is 1.35 bits per heavy atom. The number of hydrogen-bond acceptors (Lipinski definition) is 3. The standard InChI is InChI=1S/C13H18N2O2/c1-2-12-9-14(10-13(12)15(16)17)8-11-6-4-3-5-7-11/h3-7,12-13H,2,8-10H2,1H3/t12-,13?/m0/s1. The van der Waals surface area contributed by atoms with Crippen LogP contribution in [0.5, 0.6) is 0 Å². The van der Waals surface area contributed by atoms with Crippen LogP contribution in [-0.2, 0) is 6.54 Å².